The summed E-state index contributed by atoms with van der Waals surface area (Å²) in [5.74, 6) is 2.40. The van der Waals surface area contributed by atoms with Crippen LogP contribution >= 0.6 is 0 Å². The number of likely N-dealkylation sites (tertiary alicyclic amines) is 1. The van der Waals surface area contributed by atoms with Crippen LogP contribution in [-0.2, 0) is 6.54 Å². The van der Waals surface area contributed by atoms with Gasteiger partial charge in [0.25, 0.3) is 0 Å². The molecule has 4 nitrogen and oxygen atoms in total. The number of oxazole rings is 1. The largest absolute Gasteiger partial charge is 0.444 e. The van der Waals surface area contributed by atoms with E-state index in [4.69, 9.17) is 10.2 Å². The Hall–Kier alpha value is -0.870. The summed E-state index contributed by atoms with van der Waals surface area (Å²) in [6, 6.07) is 0.293. The minimum Gasteiger partial charge on any atom is -0.444 e. The molecule has 0 aliphatic carbocycles. The van der Waals surface area contributed by atoms with Crippen LogP contribution in [0.4, 0.5) is 0 Å². The maximum atomic E-state index is 6.01. The van der Waals surface area contributed by atoms with E-state index in [1.165, 1.54) is 0 Å². The van der Waals surface area contributed by atoms with E-state index in [-0.39, 0.29) is 0 Å². The summed E-state index contributed by atoms with van der Waals surface area (Å²) >= 11 is 0. The lowest BCUT2D eigenvalue weighted by atomic mass is 9.97. The minimum atomic E-state index is 0.293. The Morgan fingerprint density at radius 1 is 1.44 bits per heavy atom. The number of nitrogens with two attached hydrogens (primary N) is 1. The lowest BCUT2D eigenvalue weighted by Gasteiger charge is -2.33. The van der Waals surface area contributed by atoms with Crippen LogP contribution < -0.4 is 5.73 Å². The smallest absolute Gasteiger partial charge is 0.208 e. The minimum absolute atomic E-state index is 0.293. The van der Waals surface area contributed by atoms with Crippen molar-refractivity contribution in [3.63, 3.8) is 0 Å². The molecule has 1 aliphatic heterocycles. The van der Waals surface area contributed by atoms with Gasteiger partial charge in [-0.25, -0.2) is 4.98 Å². The molecule has 4 heteroatoms. The molecule has 0 radical (unpaired) electrons. The van der Waals surface area contributed by atoms with E-state index in [9.17, 15) is 0 Å². The topological polar surface area (TPSA) is 55.3 Å². The molecule has 1 aliphatic rings. The first-order valence-electron chi connectivity index (χ1n) is 5.95. The van der Waals surface area contributed by atoms with Gasteiger partial charge < -0.3 is 10.2 Å². The molecule has 2 N–H and O–H groups in total. The third-order valence-corrected chi connectivity index (χ3v) is 3.20. The van der Waals surface area contributed by atoms with Crippen molar-refractivity contribution in [2.75, 3.05) is 13.1 Å². The van der Waals surface area contributed by atoms with Crippen LogP contribution in [0.5, 0.6) is 0 Å². The first-order valence-corrected chi connectivity index (χ1v) is 5.95. The second-order valence-electron chi connectivity index (χ2n) is 5.04. The zero-order valence-electron chi connectivity index (χ0n) is 10.4. The van der Waals surface area contributed by atoms with Crippen molar-refractivity contribution in [2.24, 2.45) is 11.7 Å². The quantitative estimate of drug-likeness (QED) is 0.824. The zero-order valence-corrected chi connectivity index (χ0v) is 10.4. The van der Waals surface area contributed by atoms with E-state index in [0.29, 0.717) is 12.0 Å². The molecule has 2 unspecified atom stereocenters. The molecule has 0 spiro atoms. The predicted molar refractivity (Wildman–Crippen MR) is 63.0 cm³/mol. The highest BCUT2D eigenvalue weighted by atomic mass is 16.4. The van der Waals surface area contributed by atoms with Gasteiger partial charge in [0.05, 0.1) is 12.2 Å². The molecule has 2 heterocycles. The molecule has 90 valence electrons. The lowest BCUT2D eigenvalue weighted by Crippen LogP contribution is -2.45. The number of aromatic nitrogens is 1. The Morgan fingerprint density at radius 3 is 2.75 bits per heavy atom. The standard InChI is InChI=1S/C12H21N3O/c1-8-4-11(13)6-15(5-8)7-12-14-9(2)10(3)16-12/h8,11H,4-7,13H2,1-3H3. The molecule has 1 aromatic heterocycles. The van der Waals surface area contributed by atoms with Crippen LogP contribution in [0.2, 0.25) is 0 Å². The lowest BCUT2D eigenvalue weighted by molar-refractivity contribution is 0.146. The van der Waals surface area contributed by atoms with Gasteiger partial charge in [-0.1, -0.05) is 6.92 Å². The average Bonchev–Trinajstić information content (AvgIpc) is 2.43. The number of hydrogen-bond acceptors (Lipinski definition) is 4. The van der Waals surface area contributed by atoms with Gasteiger partial charge in [0.2, 0.25) is 5.89 Å². The maximum absolute atomic E-state index is 6.01. The SMILES string of the molecule is Cc1nc(CN2CC(C)CC(N)C2)oc1C. The van der Waals surface area contributed by atoms with E-state index in [1.807, 2.05) is 13.8 Å². The van der Waals surface area contributed by atoms with Crippen molar-refractivity contribution in [1.29, 1.82) is 0 Å². The van der Waals surface area contributed by atoms with Crippen molar-refractivity contribution in [2.45, 2.75) is 39.8 Å². The van der Waals surface area contributed by atoms with Gasteiger partial charge in [-0.2, -0.15) is 0 Å². The summed E-state index contributed by atoms with van der Waals surface area (Å²) in [4.78, 5) is 6.74. The first kappa shape index (κ1) is 11.6. The third kappa shape index (κ3) is 2.62. The molecular weight excluding hydrogens is 202 g/mol. The van der Waals surface area contributed by atoms with Crippen LogP contribution in [0.3, 0.4) is 0 Å². The highest BCUT2D eigenvalue weighted by Crippen LogP contribution is 2.18. The molecule has 1 saturated heterocycles. The Kier molecular flexibility index (Phi) is 3.30. The molecule has 2 atom stereocenters. The number of hydrogen-bond donors (Lipinski definition) is 1. The number of nitrogens with zero attached hydrogens (tertiary/aromatic N) is 2. The summed E-state index contributed by atoms with van der Waals surface area (Å²) in [5, 5.41) is 0. The average molecular weight is 223 g/mol. The van der Waals surface area contributed by atoms with Crippen molar-refractivity contribution in [3.8, 4) is 0 Å². The second-order valence-corrected chi connectivity index (χ2v) is 5.04. The van der Waals surface area contributed by atoms with E-state index >= 15 is 0 Å². The normalized spacial score (nSPS) is 27.2. The van der Waals surface area contributed by atoms with Gasteiger partial charge in [-0.3, -0.25) is 4.90 Å². The van der Waals surface area contributed by atoms with Gasteiger partial charge in [0.15, 0.2) is 0 Å². The van der Waals surface area contributed by atoms with Crippen molar-refractivity contribution < 1.29 is 4.42 Å². The molecule has 2 rings (SSSR count). The highest BCUT2D eigenvalue weighted by Gasteiger charge is 2.23. The van der Waals surface area contributed by atoms with Gasteiger partial charge in [0.1, 0.15) is 5.76 Å². The molecule has 0 amide bonds. The summed E-state index contributed by atoms with van der Waals surface area (Å²) in [5.41, 5.74) is 7.00. The summed E-state index contributed by atoms with van der Waals surface area (Å²) < 4.78 is 5.59. The first-order chi connectivity index (χ1) is 7.54. The Morgan fingerprint density at radius 2 is 2.19 bits per heavy atom. The molecule has 0 bridgehead atoms. The molecule has 1 fully saturated rings. The van der Waals surface area contributed by atoms with Gasteiger partial charge >= 0.3 is 0 Å². The maximum Gasteiger partial charge on any atom is 0.208 e. The summed E-state index contributed by atoms with van der Waals surface area (Å²) in [6.45, 7) is 9.01. The van der Waals surface area contributed by atoms with Crippen molar-refractivity contribution >= 4 is 0 Å². The summed E-state index contributed by atoms with van der Waals surface area (Å²) in [6.07, 6.45) is 1.13. The van der Waals surface area contributed by atoms with E-state index in [1.54, 1.807) is 0 Å². The van der Waals surface area contributed by atoms with E-state index in [2.05, 4.69) is 16.8 Å². The van der Waals surface area contributed by atoms with Crippen LogP contribution in [-0.4, -0.2) is 29.0 Å². The highest BCUT2D eigenvalue weighted by molar-refractivity contribution is 5.05. The van der Waals surface area contributed by atoms with Crippen LogP contribution in [0.1, 0.15) is 30.7 Å². The predicted octanol–water partition coefficient (Wildman–Crippen LogP) is 1.46. The zero-order chi connectivity index (χ0) is 11.7. The van der Waals surface area contributed by atoms with E-state index < -0.39 is 0 Å². The van der Waals surface area contributed by atoms with Gasteiger partial charge in [0, 0.05) is 19.1 Å². The third-order valence-electron chi connectivity index (χ3n) is 3.20. The fraction of sp³-hybridized carbons (Fsp3) is 0.750. The number of aryl methyl sites for hydroxylation is 2. The fourth-order valence-corrected chi connectivity index (χ4v) is 2.44. The Bertz CT molecular complexity index is 332. The summed E-state index contributed by atoms with van der Waals surface area (Å²) in [7, 11) is 0. The molecular formula is C12H21N3O. The van der Waals surface area contributed by atoms with Crippen LogP contribution in [0.15, 0.2) is 4.42 Å². The second kappa shape index (κ2) is 4.55. The van der Waals surface area contributed by atoms with Crippen molar-refractivity contribution in [1.82, 2.24) is 9.88 Å². The van der Waals surface area contributed by atoms with Gasteiger partial charge in [-0.15, -0.1) is 0 Å². The molecule has 1 aromatic rings. The number of piperidine rings is 1. The Labute approximate surface area is 96.8 Å². The van der Waals surface area contributed by atoms with Crippen LogP contribution in [0, 0.1) is 19.8 Å². The van der Waals surface area contributed by atoms with Crippen LogP contribution in [0.25, 0.3) is 0 Å². The monoisotopic (exact) mass is 223 g/mol. The van der Waals surface area contributed by atoms with Gasteiger partial charge in [-0.05, 0) is 26.2 Å². The molecule has 16 heavy (non-hydrogen) atoms. The van der Waals surface area contributed by atoms with Crippen molar-refractivity contribution in [3.05, 3.63) is 17.3 Å². The molecule has 0 saturated carbocycles. The Balaban J connectivity index is 1.98. The number of rotatable bonds is 2. The molecule has 0 aromatic carbocycles. The van der Waals surface area contributed by atoms with E-state index in [0.717, 1.165) is 43.4 Å². The fourth-order valence-electron chi connectivity index (χ4n) is 2.44.